The van der Waals surface area contributed by atoms with Crippen molar-refractivity contribution in [3.63, 3.8) is 0 Å². The molecule has 0 saturated heterocycles. The van der Waals surface area contributed by atoms with Gasteiger partial charge >= 0.3 is 0 Å². The average molecular weight is 282 g/mol. The van der Waals surface area contributed by atoms with Crippen molar-refractivity contribution in [2.45, 2.75) is 17.2 Å². The van der Waals surface area contributed by atoms with E-state index in [4.69, 9.17) is 10.2 Å². The molecule has 20 heavy (non-hydrogen) atoms. The summed E-state index contributed by atoms with van der Waals surface area (Å²) >= 11 is 1.23. The number of nitrogens with two attached hydrogens (primary N) is 1. The summed E-state index contributed by atoms with van der Waals surface area (Å²) < 4.78 is 5.61. The third kappa shape index (κ3) is 2.19. The smallest absolute Gasteiger partial charge is 0.263 e. The maximum absolute atomic E-state index is 9.18. The highest BCUT2D eigenvalue weighted by Gasteiger charge is 2.13. The Hall–Kier alpha value is -2.52. The summed E-state index contributed by atoms with van der Waals surface area (Å²) in [5.41, 5.74) is 9.10. The van der Waals surface area contributed by atoms with Gasteiger partial charge in [-0.1, -0.05) is 0 Å². The summed E-state index contributed by atoms with van der Waals surface area (Å²) in [7, 11) is 0. The number of hydrogen-bond acceptors (Lipinski definition) is 6. The first-order valence-corrected chi connectivity index (χ1v) is 6.68. The largest absolute Gasteiger partial charge is 0.431 e. The molecule has 0 radical (unpaired) electrons. The molecule has 2 aromatic heterocycles. The van der Waals surface area contributed by atoms with Gasteiger partial charge in [0.2, 0.25) is 0 Å². The van der Waals surface area contributed by atoms with Crippen LogP contribution in [0.1, 0.15) is 11.1 Å². The number of nitriles is 1. The number of nitrogen functional groups attached to an aromatic ring is 1. The minimum absolute atomic E-state index is 0.445. The normalized spacial score (nSPS) is 10.6. The molecule has 2 heterocycles. The Bertz CT molecular complexity index is 835. The van der Waals surface area contributed by atoms with Crippen LogP contribution < -0.4 is 5.73 Å². The predicted octanol–water partition coefficient (Wildman–Crippen LogP) is 3.14. The van der Waals surface area contributed by atoms with Crippen molar-refractivity contribution in [1.82, 2.24) is 9.97 Å². The number of anilines is 1. The van der Waals surface area contributed by atoms with Gasteiger partial charge in [-0.25, -0.2) is 9.97 Å². The molecule has 0 aliphatic rings. The van der Waals surface area contributed by atoms with Crippen molar-refractivity contribution in [3.8, 4) is 6.07 Å². The van der Waals surface area contributed by atoms with E-state index in [1.807, 2.05) is 6.92 Å². The molecule has 0 bridgehead atoms. The van der Waals surface area contributed by atoms with Gasteiger partial charge in [0.15, 0.2) is 5.58 Å². The molecule has 0 aliphatic carbocycles. The van der Waals surface area contributed by atoms with Crippen LogP contribution in [-0.2, 0) is 0 Å². The van der Waals surface area contributed by atoms with Gasteiger partial charge in [-0.3, -0.25) is 0 Å². The SMILES string of the molecule is Cc1ccnc(Sc2nc3ccc(N)cc3o2)c1C#N. The second-order valence-electron chi connectivity index (χ2n) is 4.23. The second kappa shape index (κ2) is 4.87. The van der Waals surface area contributed by atoms with Crippen LogP contribution in [0.15, 0.2) is 45.1 Å². The van der Waals surface area contributed by atoms with E-state index in [0.29, 0.717) is 27.1 Å². The zero-order valence-corrected chi connectivity index (χ0v) is 11.4. The zero-order chi connectivity index (χ0) is 14.1. The lowest BCUT2D eigenvalue weighted by Crippen LogP contribution is -1.89. The number of aromatic nitrogens is 2. The molecule has 6 heteroatoms. The lowest BCUT2D eigenvalue weighted by Gasteiger charge is -2.01. The third-order valence-corrected chi connectivity index (χ3v) is 3.67. The van der Waals surface area contributed by atoms with Gasteiger partial charge in [-0.05, 0) is 42.4 Å². The number of benzene rings is 1. The van der Waals surface area contributed by atoms with E-state index in [9.17, 15) is 5.26 Å². The Kier molecular flexibility index (Phi) is 3.05. The Morgan fingerprint density at radius 1 is 1.35 bits per heavy atom. The van der Waals surface area contributed by atoms with E-state index in [0.717, 1.165) is 11.1 Å². The van der Waals surface area contributed by atoms with Crippen LogP contribution in [0.2, 0.25) is 0 Å². The number of nitrogens with zero attached hydrogens (tertiary/aromatic N) is 3. The Morgan fingerprint density at radius 3 is 3.00 bits per heavy atom. The van der Waals surface area contributed by atoms with Crippen molar-refractivity contribution in [2.24, 2.45) is 0 Å². The second-order valence-corrected chi connectivity index (χ2v) is 5.17. The molecule has 0 aliphatic heterocycles. The van der Waals surface area contributed by atoms with Gasteiger partial charge in [0.05, 0.1) is 5.56 Å². The molecule has 0 amide bonds. The van der Waals surface area contributed by atoms with Crippen molar-refractivity contribution in [1.29, 1.82) is 5.26 Å². The number of hydrogen-bond donors (Lipinski definition) is 1. The summed E-state index contributed by atoms with van der Waals surface area (Å²) in [5, 5.41) is 10.2. The van der Waals surface area contributed by atoms with Gasteiger partial charge in [-0.15, -0.1) is 0 Å². The van der Waals surface area contributed by atoms with Crippen LogP contribution in [0.25, 0.3) is 11.1 Å². The Morgan fingerprint density at radius 2 is 2.20 bits per heavy atom. The fraction of sp³-hybridized carbons (Fsp3) is 0.0714. The van der Waals surface area contributed by atoms with Crippen LogP contribution in [0.3, 0.4) is 0 Å². The maximum Gasteiger partial charge on any atom is 0.263 e. The first-order valence-electron chi connectivity index (χ1n) is 5.87. The molecule has 3 rings (SSSR count). The first-order chi connectivity index (χ1) is 9.67. The van der Waals surface area contributed by atoms with Gasteiger partial charge in [-0.2, -0.15) is 5.26 Å². The maximum atomic E-state index is 9.18. The summed E-state index contributed by atoms with van der Waals surface area (Å²) in [5.74, 6) is 0. The summed E-state index contributed by atoms with van der Waals surface area (Å²) in [4.78, 5) is 8.55. The van der Waals surface area contributed by atoms with Crippen molar-refractivity contribution in [3.05, 3.63) is 41.6 Å². The zero-order valence-electron chi connectivity index (χ0n) is 10.6. The molecule has 3 aromatic rings. The van der Waals surface area contributed by atoms with E-state index in [-0.39, 0.29) is 0 Å². The van der Waals surface area contributed by atoms with Gasteiger partial charge < -0.3 is 10.2 Å². The summed E-state index contributed by atoms with van der Waals surface area (Å²) in [6.07, 6.45) is 1.67. The molecule has 0 atom stereocenters. The lowest BCUT2D eigenvalue weighted by molar-refractivity contribution is 0.489. The number of rotatable bonds is 2. The van der Waals surface area contributed by atoms with Crippen LogP contribution in [-0.4, -0.2) is 9.97 Å². The van der Waals surface area contributed by atoms with Crippen molar-refractivity contribution >= 4 is 28.5 Å². The number of oxazole rings is 1. The fourth-order valence-electron chi connectivity index (χ4n) is 1.79. The molecule has 0 fully saturated rings. The van der Waals surface area contributed by atoms with Crippen molar-refractivity contribution in [2.75, 3.05) is 5.73 Å². The van der Waals surface area contributed by atoms with Gasteiger partial charge in [0, 0.05) is 18.0 Å². The first kappa shape index (κ1) is 12.5. The monoisotopic (exact) mass is 282 g/mol. The van der Waals surface area contributed by atoms with Gasteiger partial charge in [0.1, 0.15) is 16.6 Å². The molecular weight excluding hydrogens is 272 g/mol. The van der Waals surface area contributed by atoms with Crippen LogP contribution in [0, 0.1) is 18.3 Å². The van der Waals surface area contributed by atoms with Crippen molar-refractivity contribution < 1.29 is 4.42 Å². The highest BCUT2D eigenvalue weighted by Crippen LogP contribution is 2.31. The van der Waals surface area contributed by atoms with E-state index >= 15 is 0 Å². The summed E-state index contributed by atoms with van der Waals surface area (Å²) in [6, 6.07) is 9.25. The fourth-order valence-corrected chi connectivity index (χ4v) is 2.66. The number of pyridine rings is 1. The predicted molar refractivity (Wildman–Crippen MR) is 76.2 cm³/mol. The van der Waals surface area contributed by atoms with E-state index < -0.39 is 0 Å². The molecule has 0 unspecified atom stereocenters. The third-order valence-electron chi connectivity index (χ3n) is 2.81. The Labute approximate surface area is 119 Å². The molecule has 1 aromatic carbocycles. The van der Waals surface area contributed by atoms with Gasteiger partial charge in [0.25, 0.3) is 5.22 Å². The lowest BCUT2D eigenvalue weighted by atomic mass is 10.2. The minimum atomic E-state index is 0.445. The average Bonchev–Trinajstić information content (AvgIpc) is 2.80. The Balaban J connectivity index is 2.02. The highest BCUT2D eigenvalue weighted by atomic mass is 32.2. The highest BCUT2D eigenvalue weighted by molar-refractivity contribution is 7.99. The number of fused-ring (bicyclic) bond motifs is 1. The van der Waals surface area contributed by atoms with E-state index in [2.05, 4.69) is 16.0 Å². The summed E-state index contributed by atoms with van der Waals surface area (Å²) in [6.45, 7) is 1.87. The van der Waals surface area contributed by atoms with Crippen LogP contribution in [0.4, 0.5) is 5.69 Å². The molecule has 5 nitrogen and oxygen atoms in total. The standard InChI is InChI=1S/C14H10N4OS/c1-8-4-5-17-13(10(8)7-15)20-14-18-11-3-2-9(16)6-12(11)19-14/h2-6H,16H2,1H3. The quantitative estimate of drug-likeness (QED) is 0.726. The molecule has 0 saturated carbocycles. The molecular formula is C14H10N4OS. The van der Waals surface area contributed by atoms with E-state index in [1.165, 1.54) is 11.8 Å². The number of aryl methyl sites for hydroxylation is 1. The topological polar surface area (TPSA) is 88.7 Å². The molecule has 98 valence electrons. The van der Waals surface area contributed by atoms with E-state index in [1.54, 1.807) is 30.5 Å². The van der Waals surface area contributed by atoms with Crippen LogP contribution in [0.5, 0.6) is 0 Å². The minimum Gasteiger partial charge on any atom is -0.431 e. The molecule has 0 spiro atoms. The molecule has 2 N–H and O–H groups in total. The van der Waals surface area contributed by atoms with Crippen LogP contribution >= 0.6 is 11.8 Å².